The Morgan fingerprint density at radius 1 is 1.05 bits per heavy atom. The highest BCUT2D eigenvalue weighted by Crippen LogP contribution is 2.38. The normalized spacial score (nSPS) is 15.6. The van der Waals surface area contributed by atoms with Crippen LogP contribution in [0.2, 0.25) is 0 Å². The van der Waals surface area contributed by atoms with Crippen molar-refractivity contribution in [2.75, 3.05) is 13.7 Å². The van der Waals surface area contributed by atoms with Crippen molar-refractivity contribution in [2.24, 2.45) is 4.99 Å². The summed E-state index contributed by atoms with van der Waals surface area (Å²) in [5.41, 5.74) is 2.50. The molecule has 1 aliphatic heterocycles. The van der Waals surface area contributed by atoms with Gasteiger partial charge in [0.2, 0.25) is 0 Å². The standard InChI is InChI=1S/C30H24FIN2O3S/c1-3-34-29(35)27(38-30(34)33-23-13-11-22(31)12-14-23)17-19-15-25(32)28(26(16-19)36-2)37-18-21-9-6-8-20-7-4-5-10-24(20)21/h4-17H,3,18H2,1-2H3/b27-17+,33-30?. The number of carbonyl (C=O) groups is 1. The van der Waals surface area contributed by atoms with E-state index < -0.39 is 0 Å². The molecule has 38 heavy (non-hydrogen) atoms. The third-order valence-corrected chi connectivity index (χ3v) is 7.87. The Labute approximate surface area is 238 Å². The second-order valence-corrected chi connectivity index (χ2v) is 10.7. The molecule has 0 radical (unpaired) electrons. The van der Waals surface area contributed by atoms with Crippen molar-refractivity contribution >= 4 is 68.0 Å². The molecule has 4 aromatic rings. The zero-order valence-corrected chi connectivity index (χ0v) is 23.8. The van der Waals surface area contributed by atoms with Crippen LogP contribution in [0.15, 0.2) is 88.8 Å². The average Bonchev–Trinajstić information content (AvgIpc) is 3.22. The number of aliphatic imine (C=N–C) groups is 1. The van der Waals surface area contributed by atoms with Crippen LogP contribution in [0, 0.1) is 9.39 Å². The number of carbonyl (C=O) groups excluding carboxylic acids is 1. The fourth-order valence-electron chi connectivity index (χ4n) is 4.18. The van der Waals surface area contributed by atoms with Crippen LogP contribution in [0.25, 0.3) is 16.8 Å². The first-order valence-electron chi connectivity index (χ1n) is 12.0. The van der Waals surface area contributed by atoms with Crippen LogP contribution in [-0.2, 0) is 11.4 Å². The van der Waals surface area contributed by atoms with Crippen molar-refractivity contribution in [1.29, 1.82) is 0 Å². The number of hydrogen-bond acceptors (Lipinski definition) is 5. The maximum Gasteiger partial charge on any atom is 0.266 e. The third-order valence-electron chi connectivity index (χ3n) is 6.06. The summed E-state index contributed by atoms with van der Waals surface area (Å²) in [6.45, 7) is 2.78. The summed E-state index contributed by atoms with van der Waals surface area (Å²) in [7, 11) is 1.61. The SMILES string of the molecule is CCN1C(=O)/C(=C\c2cc(I)c(OCc3cccc4ccccc34)c(OC)c2)SC1=Nc1ccc(F)cc1. The Hall–Kier alpha value is -3.37. The number of halogens is 2. The lowest BCUT2D eigenvalue weighted by Gasteiger charge is -2.15. The predicted molar refractivity (Wildman–Crippen MR) is 160 cm³/mol. The lowest BCUT2D eigenvalue weighted by Crippen LogP contribution is -2.28. The fraction of sp³-hybridized carbons (Fsp3) is 0.133. The molecule has 0 unspecified atom stereocenters. The number of amides is 1. The maximum absolute atomic E-state index is 13.3. The molecule has 0 aliphatic carbocycles. The minimum absolute atomic E-state index is 0.122. The summed E-state index contributed by atoms with van der Waals surface area (Å²) in [5.74, 6) is 0.795. The second-order valence-electron chi connectivity index (χ2n) is 8.49. The molecule has 4 aromatic carbocycles. The van der Waals surface area contributed by atoms with Gasteiger partial charge in [-0.15, -0.1) is 0 Å². The van der Waals surface area contributed by atoms with Crippen LogP contribution in [0.3, 0.4) is 0 Å². The van der Waals surface area contributed by atoms with Crippen molar-refractivity contribution in [3.63, 3.8) is 0 Å². The molecular formula is C30H24FIN2O3S. The first-order chi connectivity index (χ1) is 18.5. The van der Waals surface area contributed by atoms with Gasteiger partial charge in [-0.2, -0.15) is 0 Å². The molecule has 0 aromatic heterocycles. The Kier molecular flexibility index (Phi) is 7.99. The molecule has 1 fully saturated rings. The Bertz CT molecular complexity index is 1560. The molecular weight excluding hydrogens is 614 g/mol. The molecule has 0 N–H and O–H groups in total. The van der Waals surface area contributed by atoms with E-state index in [0.717, 1.165) is 20.1 Å². The van der Waals surface area contributed by atoms with Crippen molar-refractivity contribution in [1.82, 2.24) is 4.90 Å². The van der Waals surface area contributed by atoms with E-state index in [1.54, 1.807) is 24.1 Å². The highest BCUT2D eigenvalue weighted by atomic mass is 127. The van der Waals surface area contributed by atoms with Gasteiger partial charge in [-0.05, 0) is 106 Å². The summed E-state index contributed by atoms with van der Waals surface area (Å²) < 4.78 is 26.1. The first kappa shape index (κ1) is 26.2. The fourth-order valence-corrected chi connectivity index (χ4v) is 6.02. The lowest BCUT2D eigenvalue weighted by atomic mass is 10.1. The van der Waals surface area contributed by atoms with Gasteiger partial charge in [-0.25, -0.2) is 9.38 Å². The minimum Gasteiger partial charge on any atom is -0.493 e. The van der Waals surface area contributed by atoms with E-state index >= 15 is 0 Å². The van der Waals surface area contributed by atoms with Crippen molar-refractivity contribution in [2.45, 2.75) is 13.5 Å². The quantitative estimate of drug-likeness (QED) is 0.153. The summed E-state index contributed by atoms with van der Waals surface area (Å²) >= 11 is 3.53. The van der Waals surface area contributed by atoms with Gasteiger partial charge in [0.05, 0.1) is 21.3 Å². The van der Waals surface area contributed by atoms with E-state index in [2.05, 4.69) is 51.8 Å². The van der Waals surface area contributed by atoms with E-state index in [1.807, 2.05) is 43.3 Å². The van der Waals surface area contributed by atoms with Crippen LogP contribution in [-0.4, -0.2) is 29.6 Å². The average molecular weight is 639 g/mol. The molecule has 1 saturated heterocycles. The van der Waals surface area contributed by atoms with Crippen LogP contribution in [0.5, 0.6) is 11.5 Å². The van der Waals surface area contributed by atoms with Crippen molar-refractivity contribution < 1.29 is 18.7 Å². The number of amidine groups is 1. The zero-order chi connectivity index (χ0) is 26.6. The maximum atomic E-state index is 13.3. The molecule has 0 bridgehead atoms. The van der Waals surface area contributed by atoms with Gasteiger partial charge in [-0.3, -0.25) is 9.69 Å². The van der Waals surface area contributed by atoms with E-state index in [0.29, 0.717) is 40.4 Å². The van der Waals surface area contributed by atoms with Gasteiger partial charge in [0.15, 0.2) is 16.7 Å². The molecule has 0 spiro atoms. The number of benzene rings is 4. The molecule has 1 aliphatic rings. The zero-order valence-electron chi connectivity index (χ0n) is 20.8. The van der Waals surface area contributed by atoms with Gasteiger partial charge in [-0.1, -0.05) is 42.5 Å². The molecule has 5 rings (SSSR count). The van der Waals surface area contributed by atoms with Gasteiger partial charge in [0.25, 0.3) is 5.91 Å². The number of methoxy groups -OCH3 is 1. The summed E-state index contributed by atoms with van der Waals surface area (Å²) in [4.78, 5) is 19.8. The van der Waals surface area contributed by atoms with Gasteiger partial charge >= 0.3 is 0 Å². The summed E-state index contributed by atoms with van der Waals surface area (Å²) in [6.07, 6.45) is 1.84. The highest BCUT2D eigenvalue weighted by Gasteiger charge is 2.32. The highest BCUT2D eigenvalue weighted by molar-refractivity contribution is 14.1. The van der Waals surface area contributed by atoms with E-state index in [1.165, 1.54) is 29.3 Å². The van der Waals surface area contributed by atoms with Crippen molar-refractivity contribution in [3.8, 4) is 11.5 Å². The molecule has 192 valence electrons. The summed E-state index contributed by atoms with van der Waals surface area (Å²) in [5, 5.41) is 2.88. The number of likely N-dealkylation sites (N-methyl/N-ethyl adjacent to an activating group) is 1. The van der Waals surface area contributed by atoms with Crippen molar-refractivity contribution in [3.05, 3.63) is 104 Å². The number of hydrogen-bond donors (Lipinski definition) is 0. The largest absolute Gasteiger partial charge is 0.493 e. The summed E-state index contributed by atoms with van der Waals surface area (Å²) in [6, 6.07) is 24.1. The second kappa shape index (κ2) is 11.6. The van der Waals surface area contributed by atoms with E-state index in [9.17, 15) is 9.18 Å². The van der Waals surface area contributed by atoms with E-state index in [4.69, 9.17) is 9.47 Å². The molecule has 8 heteroatoms. The van der Waals surface area contributed by atoms with Crippen LogP contribution in [0.1, 0.15) is 18.1 Å². The Morgan fingerprint density at radius 3 is 2.58 bits per heavy atom. The first-order valence-corrected chi connectivity index (χ1v) is 13.9. The third kappa shape index (κ3) is 5.56. The Morgan fingerprint density at radius 2 is 1.82 bits per heavy atom. The molecule has 1 heterocycles. The van der Waals surface area contributed by atoms with Crippen LogP contribution in [0.4, 0.5) is 10.1 Å². The van der Waals surface area contributed by atoms with Crippen LogP contribution < -0.4 is 9.47 Å². The lowest BCUT2D eigenvalue weighted by molar-refractivity contribution is -0.122. The van der Waals surface area contributed by atoms with Gasteiger partial charge in [0.1, 0.15) is 12.4 Å². The van der Waals surface area contributed by atoms with Gasteiger partial charge < -0.3 is 9.47 Å². The molecule has 1 amide bonds. The Balaban J connectivity index is 1.40. The number of fused-ring (bicyclic) bond motifs is 1. The number of rotatable bonds is 7. The smallest absolute Gasteiger partial charge is 0.266 e. The van der Waals surface area contributed by atoms with Crippen LogP contribution >= 0.6 is 34.4 Å². The topological polar surface area (TPSA) is 51.1 Å². The molecule has 0 saturated carbocycles. The monoisotopic (exact) mass is 638 g/mol. The number of ether oxygens (including phenoxy) is 2. The number of nitrogens with zero attached hydrogens (tertiary/aromatic N) is 2. The van der Waals surface area contributed by atoms with Gasteiger partial charge in [0, 0.05) is 6.54 Å². The number of thioether (sulfide) groups is 1. The van der Waals surface area contributed by atoms with E-state index in [-0.39, 0.29) is 11.7 Å². The molecule has 5 nitrogen and oxygen atoms in total. The minimum atomic E-state index is -0.329. The molecule has 0 atom stereocenters. The predicted octanol–water partition coefficient (Wildman–Crippen LogP) is 7.80.